The summed E-state index contributed by atoms with van der Waals surface area (Å²) in [6.45, 7) is 0.229. The van der Waals surface area contributed by atoms with Gasteiger partial charge in [0.25, 0.3) is 5.91 Å². The molecule has 0 aliphatic carbocycles. The highest BCUT2D eigenvalue weighted by atomic mass is 79.9. The van der Waals surface area contributed by atoms with E-state index in [1.807, 2.05) is 4.83 Å². The molecule has 2 N–H and O–H groups in total. The minimum absolute atomic E-state index is 0.0655. The van der Waals surface area contributed by atoms with Crippen LogP contribution in [0, 0.1) is 0 Å². The lowest BCUT2D eigenvalue weighted by molar-refractivity contribution is -0.118. The number of Topliss-reactive ketones (excluding diaryl/α,β-unsaturated/α-hetero) is 1. The second-order valence-electron chi connectivity index (χ2n) is 4.94. The van der Waals surface area contributed by atoms with Gasteiger partial charge in [-0.05, 0) is 34.1 Å². The van der Waals surface area contributed by atoms with Crippen molar-refractivity contribution >= 4 is 60.6 Å². The topological polar surface area (TPSA) is 95.6 Å². The molecule has 0 atom stereocenters. The number of ketones is 1. The number of nitrogens with one attached hydrogen (secondary N) is 2. The van der Waals surface area contributed by atoms with Crippen LogP contribution in [0.2, 0.25) is 4.34 Å². The van der Waals surface area contributed by atoms with Gasteiger partial charge in [0.2, 0.25) is 10.0 Å². The Balaban J connectivity index is 2.01. The molecule has 0 bridgehead atoms. The average Bonchev–Trinajstić information content (AvgIpc) is 2.90. The highest BCUT2D eigenvalue weighted by molar-refractivity contribution is 9.11. The third-order valence-corrected chi connectivity index (χ3v) is 5.01. The number of allylic oxidation sites excluding steroid dienone is 2. The van der Waals surface area contributed by atoms with Crippen LogP contribution in [-0.4, -0.2) is 44.4 Å². The standard InChI is InChI=1S/C13H13BrClN3O4S2/c1-24(21,22)17-16-13(20)8-4-9(14)6-18(5-8)7-10(19)11-2-3-12(15)23-11/h2-4,6,17H,5,7H2,1H3,(H,16,20). The number of hydrogen-bond donors (Lipinski definition) is 2. The smallest absolute Gasteiger partial charge is 0.264 e. The molecule has 0 spiro atoms. The van der Waals surface area contributed by atoms with Crippen molar-refractivity contribution in [2.75, 3.05) is 19.3 Å². The number of hydrogen-bond acceptors (Lipinski definition) is 6. The van der Waals surface area contributed by atoms with Gasteiger partial charge in [-0.1, -0.05) is 11.6 Å². The maximum absolute atomic E-state index is 12.2. The normalized spacial score (nSPS) is 14.9. The first kappa shape index (κ1) is 19.1. The number of hydrazine groups is 1. The summed E-state index contributed by atoms with van der Waals surface area (Å²) in [5, 5.41) is 0. The van der Waals surface area contributed by atoms with Gasteiger partial charge >= 0.3 is 0 Å². The Morgan fingerprint density at radius 2 is 2.12 bits per heavy atom. The van der Waals surface area contributed by atoms with Crippen LogP contribution in [0.1, 0.15) is 9.67 Å². The zero-order chi connectivity index (χ0) is 17.9. The molecule has 24 heavy (non-hydrogen) atoms. The molecule has 1 aliphatic rings. The van der Waals surface area contributed by atoms with Crippen LogP contribution in [0.4, 0.5) is 0 Å². The SMILES string of the molecule is CS(=O)(=O)NNC(=O)C1=CC(Br)=CN(CC(=O)c2ccc(Cl)s2)C1. The van der Waals surface area contributed by atoms with E-state index in [-0.39, 0.29) is 18.9 Å². The van der Waals surface area contributed by atoms with E-state index in [1.54, 1.807) is 29.3 Å². The molecule has 2 heterocycles. The van der Waals surface area contributed by atoms with Gasteiger partial charge in [-0.2, -0.15) is 0 Å². The number of rotatable bonds is 6. The maximum atomic E-state index is 12.2. The molecule has 2 rings (SSSR count). The molecule has 0 saturated heterocycles. The lowest BCUT2D eigenvalue weighted by atomic mass is 10.1. The lowest BCUT2D eigenvalue weighted by Gasteiger charge is -2.24. The Labute approximate surface area is 156 Å². The third-order valence-electron chi connectivity index (χ3n) is 2.83. The molecule has 7 nitrogen and oxygen atoms in total. The van der Waals surface area contributed by atoms with Crippen molar-refractivity contribution in [2.24, 2.45) is 0 Å². The van der Waals surface area contributed by atoms with Gasteiger partial charge in [-0.3, -0.25) is 15.0 Å². The van der Waals surface area contributed by atoms with E-state index in [9.17, 15) is 18.0 Å². The Kier molecular flexibility index (Phi) is 6.21. The summed E-state index contributed by atoms with van der Waals surface area (Å²) in [5.41, 5.74) is 2.40. The first-order valence-electron chi connectivity index (χ1n) is 6.51. The molecule has 0 fully saturated rings. The Morgan fingerprint density at radius 1 is 1.42 bits per heavy atom. The Bertz CT molecular complexity index is 832. The van der Waals surface area contributed by atoms with E-state index >= 15 is 0 Å². The number of thiophene rings is 1. The molecule has 130 valence electrons. The van der Waals surface area contributed by atoms with E-state index in [2.05, 4.69) is 21.4 Å². The van der Waals surface area contributed by atoms with Gasteiger partial charge in [-0.25, -0.2) is 8.42 Å². The highest BCUT2D eigenvalue weighted by Gasteiger charge is 2.20. The second kappa shape index (κ2) is 7.79. The first-order valence-corrected chi connectivity index (χ1v) is 10.4. The molecule has 1 amide bonds. The summed E-state index contributed by atoms with van der Waals surface area (Å²) in [6.07, 6.45) is 4.17. The molecule has 0 saturated carbocycles. The Morgan fingerprint density at radius 3 is 2.71 bits per heavy atom. The van der Waals surface area contributed by atoms with Crippen molar-refractivity contribution in [3.8, 4) is 0 Å². The van der Waals surface area contributed by atoms with E-state index < -0.39 is 15.9 Å². The quantitative estimate of drug-likeness (QED) is 0.503. The van der Waals surface area contributed by atoms with Crippen molar-refractivity contribution in [1.82, 2.24) is 15.2 Å². The summed E-state index contributed by atoms with van der Waals surface area (Å²) >= 11 is 10.3. The fraction of sp³-hybridized carbons (Fsp3) is 0.231. The van der Waals surface area contributed by atoms with Crippen LogP contribution in [0.15, 0.2) is 34.5 Å². The van der Waals surface area contributed by atoms with Crippen molar-refractivity contribution in [2.45, 2.75) is 0 Å². The minimum Gasteiger partial charge on any atom is -0.364 e. The number of carbonyl (C=O) groups excluding carboxylic acids is 2. The number of sulfonamides is 1. The summed E-state index contributed by atoms with van der Waals surface area (Å²) in [7, 11) is -3.55. The van der Waals surface area contributed by atoms with E-state index in [1.165, 1.54) is 11.3 Å². The molecular weight excluding hydrogens is 442 g/mol. The number of nitrogens with zero attached hydrogens (tertiary/aromatic N) is 1. The lowest BCUT2D eigenvalue weighted by Crippen LogP contribution is -2.43. The van der Waals surface area contributed by atoms with Gasteiger partial charge in [-0.15, -0.1) is 16.2 Å². The van der Waals surface area contributed by atoms with Crippen molar-refractivity contribution in [3.63, 3.8) is 0 Å². The van der Waals surface area contributed by atoms with E-state index in [4.69, 9.17) is 11.6 Å². The van der Waals surface area contributed by atoms with E-state index in [0.717, 1.165) is 6.26 Å². The number of carbonyl (C=O) groups is 2. The van der Waals surface area contributed by atoms with E-state index in [0.29, 0.717) is 19.3 Å². The molecule has 1 aromatic rings. The van der Waals surface area contributed by atoms with Crippen molar-refractivity contribution in [3.05, 3.63) is 43.7 Å². The third kappa shape index (κ3) is 5.71. The molecule has 0 unspecified atom stereocenters. The zero-order valence-corrected chi connectivity index (χ0v) is 16.4. The van der Waals surface area contributed by atoms with Gasteiger partial charge in [0.1, 0.15) is 0 Å². The van der Waals surface area contributed by atoms with Gasteiger partial charge in [0.05, 0.1) is 22.0 Å². The van der Waals surface area contributed by atoms with Crippen LogP contribution in [0.25, 0.3) is 0 Å². The van der Waals surface area contributed by atoms with Gasteiger partial charge < -0.3 is 4.90 Å². The minimum atomic E-state index is -3.55. The monoisotopic (exact) mass is 453 g/mol. The highest BCUT2D eigenvalue weighted by Crippen LogP contribution is 2.23. The van der Waals surface area contributed by atoms with Crippen LogP contribution < -0.4 is 10.3 Å². The zero-order valence-electron chi connectivity index (χ0n) is 12.4. The van der Waals surface area contributed by atoms with Crippen molar-refractivity contribution < 1.29 is 18.0 Å². The predicted molar refractivity (Wildman–Crippen MR) is 96.4 cm³/mol. The summed E-state index contributed by atoms with van der Waals surface area (Å²) in [5.74, 6) is -0.721. The molecule has 0 aromatic carbocycles. The fourth-order valence-corrected chi connectivity index (χ4v) is 3.69. The van der Waals surface area contributed by atoms with Gasteiger partial charge in [0, 0.05) is 22.8 Å². The summed E-state index contributed by atoms with van der Waals surface area (Å²) in [4.78, 5) is 28.3. The van der Waals surface area contributed by atoms with Crippen LogP contribution in [-0.2, 0) is 14.8 Å². The van der Waals surface area contributed by atoms with Gasteiger partial charge in [0.15, 0.2) is 5.78 Å². The first-order chi connectivity index (χ1) is 11.1. The fourth-order valence-electron chi connectivity index (χ4n) is 1.87. The molecular formula is C13H13BrClN3O4S2. The maximum Gasteiger partial charge on any atom is 0.264 e. The molecule has 0 radical (unpaired) electrons. The summed E-state index contributed by atoms with van der Waals surface area (Å²) < 4.78 is 23.2. The molecule has 11 heteroatoms. The second-order valence-corrected chi connectivity index (χ2v) is 9.32. The molecule has 1 aliphatic heterocycles. The average molecular weight is 455 g/mol. The largest absolute Gasteiger partial charge is 0.364 e. The van der Waals surface area contributed by atoms with Crippen molar-refractivity contribution in [1.29, 1.82) is 0 Å². The molecule has 1 aromatic heterocycles. The van der Waals surface area contributed by atoms with Crippen LogP contribution >= 0.6 is 38.9 Å². The number of amides is 1. The number of halogens is 2. The predicted octanol–water partition coefficient (Wildman–Crippen LogP) is 1.64. The summed E-state index contributed by atoms with van der Waals surface area (Å²) in [6, 6.07) is 3.30. The van der Waals surface area contributed by atoms with Crippen LogP contribution in [0.3, 0.4) is 0 Å². The Hall–Kier alpha value is -1.20. The van der Waals surface area contributed by atoms with Crippen LogP contribution in [0.5, 0.6) is 0 Å².